The van der Waals surface area contributed by atoms with Crippen LogP contribution in [0.5, 0.6) is 0 Å². The lowest BCUT2D eigenvalue weighted by molar-refractivity contribution is -0.121. The van der Waals surface area contributed by atoms with Crippen molar-refractivity contribution >= 4 is 36.0 Å². The van der Waals surface area contributed by atoms with Crippen LogP contribution in [0.25, 0.3) is 0 Å². The fraction of sp³-hybridized carbons (Fsp3) is 0.136. The number of carbonyl (C=O) groups is 2. The molecule has 1 aromatic heterocycles. The smallest absolute Gasteiger partial charge is 0.254 e. The van der Waals surface area contributed by atoms with Gasteiger partial charge in [0.15, 0.2) is 0 Å². The van der Waals surface area contributed by atoms with Crippen molar-refractivity contribution in [2.75, 3.05) is 10.0 Å². The molecule has 2 amide bonds. The van der Waals surface area contributed by atoms with E-state index in [1.807, 2.05) is 6.07 Å². The summed E-state index contributed by atoms with van der Waals surface area (Å²) in [6, 6.07) is 15.3. The Kier molecular flexibility index (Phi) is 5.67. The second-order valence-corrected chi connectivity index (χ2v) is 7.17. The highest BCUT2D eigenvalue weighted by Crippen LogP contribution is 2.25. The van der Waals surface area contributed by atoms with Crippen molar-refractivity contribution in [1.29, 1.82) is 0 Å². The molecule has 4 rings (SSSR count). The van der Waals surface area contributed by atoms with E-state index < -0.39 is 11.9 Å². The minimum Gasteiger partial charge on any atom is -0.332 e. The molecule has 0 spiro atoms. The van der Waals surface area contributed by atoms with Crippen molar-refractivity contribution in [2.24, 2.45) is 0 Å². The van der Waals surface area contributed by atoms with Gasteiger partial charge in [0, 0.05) is 41.8 Å². The predicted molar refractivity (Wildman–Crippen MR) is 116 cm³/mol. The van der Waals surface area contributed by atoms with E-state index in [-0.39, 0.29) is 18.4 Å². The Morgan fingerprint density at radius 3 is 2.43 bits per heavy atom. The first kappa shape index (κ1) is 19.9. The molecule has 1 aliphatic heterocycles. The summed E-state index contributed by atoms with van der Waals surface area (Å²) in [5, 5.41) is 2.87. The summed E-state index contributed by atoms with van der Waals surface area (Å²) >= 11 is 3.99. The highest BCUT2D eigenvalue weighted by atomic mass is 32.1. The van der Waals surface area contributed by atoms with Crippen molar-refractivity contribution in [3.8, 4) is 0 Å². The first-order valence-electron chi connectivity index (χ1n) is 9.35. The highest BCUT2D eigenvalue weighted by molar-refractivity contribution is 7.81. The first-order chi connectivity index (χ1) is 14.5. The molecule has 0 fully saturated rings. The number of halogens is 1. The molecule has 1 aliphatic rings. The van der Waals surface area contributed by atoms with Crippen LogP contribution in [0.3, 0.4) is 0 Å². The zero-order chi connectivity index (χ0) is 21.1. The van der Waals surface area contributed by atoms with Gasteiger partial charge in [0.05, 0.1) is 0 Å². The van der Waals surface area contributed by atoms with Crippen LogP contribution in [-0.2, 0) is 17.8 Å². The zero-order valence-electron chi connectivity index (χ0n) is 15.9. The summed E-state index contributed by atoms with van der Waals surface area (Å²) in [6.07, 6.45) is 1.97. The van der Waals surface area contributed by atoms with Gasteiger partial charge in [0.1, 0.15) is 11.9 Å². The minimum atomic E-state index is -0.743. The molecule has 0 saturated carbocycles. The summed E-state index contributed by atoms with van der Waals surface area (Å²) in [5.41, 5.74) is 3.40. The number of rotatable bonds is 4. The quantitative estimate of drug-likeness (QED) is 0.561. The van der Waals surface area contributed by atoms with Gasteiger partial charge in [-0.05, 0) is 60.2 Å². The van der Waals surface area contributed by atoms with Crippen LogP contribution in [0.1, 0.15) is 21.6 Å². The largest absolute Gasteiger partial charge is 0.332 e. The van der Waals surface area contributed by atoms with Crippen molar-refractivity contribution < 1.29 is 14.0 Å². The van der Waals surface area contributed by atoms with Crippen LogP contribution in [0.4, 0.5) is 15.8 Å². The predicted octanol–water partition coefficient (Wildman–Crippen LogP) is 3.68. The fourth-order valence-corrected chi connectivity index (χ4v) is 3.59. The van der Waals surface area contributed by atoms with Gasteiger partial charge in [-0.15, -0.1) is 0 Å². The lowest BCUT2D eigenvalue weighted by Crippen LogP contribution is -2.50. The average molecular weight is 422 g/mol. The second kappa shape index (κ2) is 8.54. The summed E-state index contributed by atoms with van der Waals surface area (Å²) in [4.78, 5) is 32.2. The van der Waals surface area contributed by atoms with Gasteiger partial charge in [0.2, 0.25) is 5.91 Å². The Morgan fingerprint density at radius 1 is 1.03 bits per heavy atom. The third kappa shape index (κ3) is 4.13. The molecule has 3 aromatic rings. The van der Waals surface area contributed by atoms with Crippen LogP contribution in [0, 0.1) is 5.82 Å². The van der Waals surface area contributed by atoms with E-state index in [1.165, 1.54) is 29.2 Å². The van der Waals surface area contributed by atoms with Gasteiger partial charge in [-0.1, -0.05) is 18.9 Å². The van der Waals surface area contributed by atoms with Crippen LogP contribution in [0.2, 0.25) is 0 Å². The first-order valence-corrected chi connectivity index (χ1v) is 9.80. The number of anilines is 2. The Morgan fingerprint density at radius 2 is 1.73 bits per heavy atom. The lowest BCUT2D eigenvalue weighted by Gasteiger charge is -2.35. The minimum absolute atomic E-state index is 0.250. The number of benzene rings is 2. The molecule has 6 nitrogen and oxygen atoms in total. The number of pyridine rings is 1. The standard InChI is InChI=1S/C22H19FN4O2S/c23-16-5-3-14(4-6-16)22(29)27-13-15-2-1-11-24-19(15)12-20(27)21(28)25-17-7-9-18(26-30)10-8-17/h1-11,20,26,30H,12-13H2,(H,25,28). The van der Waals surface area contributed by atoms with Gasteiger partial charge in [-0.2, -0.15) is 0 Å². The normalized spacial score (nSPS) is 15.3. The number of nitrogens with zero attached hydrogens (tertiary/aromatic N) is 2. The number of nitrogens with one attached hydrogen (secondary N) is 2. The Balaban J connectivity index is 1.62. The molecule has 2 aromatic carbocycles. The van der Waals surface area contributed by atoms with E-state index in [0.29, 0.717) is 17.7 Å². The molecule has 2 heterocycles. The molecule has 0 aliphatic carbocycles. The maximum Gasteiger partial charge on any atom is 0.254 e. The summed E-state index contributed by atoms with van der Waals surface area (Å²) in [7, 11) is 0. The molecular formula is C22H19FN4O2S. The van der Waals surface area contributed by atoms with Gasteiger partial charge in [0.25, 0.3) is 5.91 Å². The number of hydrogen-bond donors (Lipinski definition) is 3. The van der Waals surface area contributed by atoms with E-state index in [4.69, 9.17) is 0 Å². The maximum atomic E-state index is 13.3. The van der Waals surface area contributed by atoms with Crippen LogP contribution in [0.15, 0.2) is 66.9 Å². The lowest BCUT2D eigenvalue weighted by atomic mass is 9.96. The second-order valence-electron chi connectivity index (χ2n) is 6.95. The number of amides is 2. The maximum absolute atomic E-state index is 13.3. The summed E-state index contributed by atoms with van der Waals surface area (Å²) < 4.78 is 16.0. The zero-order valence-corrected chi connectivity index (χ0v) is 16.8. The summed E-state index contributed by atoms with van der Waals surface area (Å²) in [6.45, 7) is 0.250. The Bertz CT molecular complexity index is 1070. The van der Waals surface area contributed by atoms with Crippen LogP contribution in [-0.4, -0.2) is 27.7 Å². The van der Waals surface area contributed by atoms with Gasteiger partial charge >= 0.3 is 0 Å². The number of fused-ring (bicyclic) bond motifs is 1. The van der Waals surface area contributed by atoms with E-state index in [2.05, 4.69) is 27.8 Å². The SMILES string of the molecule is O=C(Nc1ccc(NS)cc1)C1Cc2ncccc2CN1C(=O)c1ccc(F)cc1. The fourth-order valence-electron chi connectivity index (χ4n) is 3.45. The van der Waals surface area contributed by atoms with E-state index >= 15 is 0 Å². The van der Waals surface area contributed by atoms with Gasteiger partial charge in [-0.3, -0.25) is 14.6 Å². The van der Waals surface area contributed by atoms with E-state index in [1.54, 1.807) is 36.5 Å². The van der Waals surface area contributed by atoms with Crippen molar-refractivity contribution in [3.05, 3.63) is 89.5 Å². The number of carbonyl (C=O) groups excluding carboxylic acids is 2. The number of hydrogen-bond acceptors (Lipinski definition) is 5. The average Bonchev–Trinajstić information content (AvgIpc) is 2.78. The van der Waals surface area contributed by atoms with Crippen LogP contribution >= 0.6 is 12.8 Å². The molecule has 30 heavy (non-hydrogen) atoms. The van der Waals surface area contributed by atoms with Gasteiger partial charge < -0.3 is 14.9 Å². The number of thiol groups is 1. The molecule has 1 atom stereocenters. The van der Waals surface area contributed by atoms with Crippen molar-refractivity contribution in [1.82, 2.24) is 9.88 Å². The Labute approximate surface area is 178 Å². The van der Waals surface area contributed by atoms with Crippen LogP contribution < -0.4 is 10.0 Å². The molecule has 0 radical (unpaired) electrons. The molecule has 0 saturated heterocycles. The van der Waals surface area contributed by atoms with Crippen molar-refractivity contribution in [2.45, 2.75) is 19.0 Å². The monoisotopic (exact) mass is 422 g/mol. The molecule has 8 heteroatoms. The number of aromatic nitrogens is 1. The third-order valence-electron chi connectivity index (χ3n) is 5.02. The topological polar surface area (TPSA) is 74.3 Å². The summed E-state index contributed by atoms with van der Waals surface area (Å²) in [5.74, 6) is -1.07. The van der Waals surface area contributed by atoms with E-state index in [9.17, 15) is 14.0 Å². The van der Waals surface area contributed by atoms with E-state index in [0.717, 1.165) is 16.9 Å². The van der Waals surface area contributed by atoms with Gasteiger partial charge in [-0.25, -0.2) is 4.39 Å². The molecular weight excluding hydrogens is 403 g/mol. The molecule has 2 N–H and O–H groups in total. The molecule has 152 valence electrons. The van der Waals surface area contributed by atoms with Crippen molar-refractivity contribution in [3.63, 3.8) is 0 Å². The molecule has 1 unspecified atom stereocenters. The third-order valence-corrected chi connectivity index (χ3v) is 5.28. The Hall–Kier alpha value is -3.39. The highest BCUT2D eigenvalue weighted by Gasteiger charge is 2.35. The molecule has 0 bridgehead atoms.